The first-order valence-electron chi connectivity index (χ1n) is 6.00. The lowest BCUT2D eigenvalue weighted by Gasteiger charge is -2.14. The molecule has 19 heavy (non-hydrogen) atoms. The van der Waals surface area contributed by atoms with Gasteiger partial charge in [-0.3, -0.25) is 0 Å². The van der Waals surface area contributed by atoms with Crippen LogP contribution in [0.1, 0.15) is 23.7 Å². The summed E-state index contributed by atoms with van der Waals surface area (Å²) in [5.41, 5.74) is 5.67. The summed E-state index contributed by atoms with van der Waals surface area (Å²) in [7, 11) is 1.64. The van der Waals surface area contributed by atoms with Gasteiger partial charge in [0.25, 0.3) is 0 Å². The highest BCUT2D eigenvalue weighted by atomic mass is 32.1. The summed E-state index contributed by atoms with van der Waals surface area (Å²) in [5, 5.41) is 0.921. The first-order chi connectivity index (χ1) is 8.99. The third kappa shape index (κ3) is 3.68. The van der Waals surface area contributed by atoms with E-state index in [0.29, 0.717) is 6.61 Å². The minimum Gasteiger partial charge on any atom is -0.497 e. The number of thiazole rings is 1. The Bertz CT molecular complexity index is 529. The molecule has 2 N–H and O–H groups in total. The normalized spacial score (nSPS) is 11.4. The van der Waals surface area contributed by atoms with E-state index in [4.69, 9.17) is 15.2 Å². The molecule has 0 saturated heterocycles. The first kappa shape index (κ1) is 13.8. The minimum absolute atomic E-state index is 0.351. The standard InChI is InChI=1S/C14H18N2O2S/c1-14(2,15)12-8-16-13(19-12)9-18-11-6-4-10(17-3)5-7-11/h4-8H,9,15H2,1-3H3. The molecule has 0 fully saturated rings. The lowest BCUT2D eigenvalue weighted by Crippen LogP contribution is -2.27. The van der Waals surface area contributed by atoms with E-state index in [9.17, 15) is 0 Å². The smallest absolute Gasteiger partial charge is 0.140 e. The fourth-order valence-corrected chi connectivity index (χ4v) is 2.34. The van der Waals surface area contributed by atoms with Crippen molar-refractivity contribution >= 4 is 11.3 Å². The Kier molecular flexibility index (Phi) is 4.07. The van der Waals surface area contributed by atoms with Gasteiger partial charge >= 0.3 is 0 Å². The lowest BCUT2D eigenvalue weighted by molar-refractivity contribution is 0.305. The molecule has 0 amide bonds. The number of nitrogens with two attached hydrogens (primary N) is 1. The SMILES string of the molecule is COc1ccc(OCc2ncc(C(C)(C)N)s2)cc1. The lowest BCUT2D eigenvalue weighted by atomic mass is 10.1. The highest BCUT2D eigenvalue weighted by molar-refractivity contribution is 7.11. The number of rotatable bonds is 5. The van der Waals surface area contributed by atoms with Gasteiger partial charge in [-0.2, -0.15) is 0 Å². The topological polar surface area (TPSA) is 57.4 Å². The van der Waals surface area contributed by atoms with Gasteiger partial charge in [-0.25, -0.2) is 4.98 Å². The third-order valence-corrected chi connectivity index (χ3v) is 3.92. The number of aromatic nitrogens is 1. The monoisotopic (exact) mass is 278 g/mol. The van der Waals surface area contributed by atoms with Crippen LogP contribution in [-0.2, 0) is 12.1 Å². The average Bonchev–Trinajstić information content (AvgIpc) is 2.86. The fraction of sp³-hybridized carbons (Fsp3) is 0.357. The molecule has 4 nitrogen and oxygen atoms in total. The molecular weight excluding hydrogens is 260 g/mol. The minimum atomic E-state index is -0.351. The summed E-state index contributed by atoms with van der Waals surface area (Å²) in [6.07, 6.45) is 1.82. The van der Waals surface area contributed by atoms with E-state index in [0.717, 1.165) is 21.4 Å². The predicted molar refractivity (Wildman–Crippen MR) is 76.7 cm³/mol. The second kappa shape index (κ2) is 5.59. The summed E-state index contributed by atoms with van der Waals surface area (Å²) >= 11 is 1.58. The Morgan fingerprint density at radius 1 is 1.21 bits per heavy atom. The molecule has 0 radical (unpaired) electrons. The zero-order chi connectivity index (χ0) is 13.9. The largest absolute Gasteiger partial charge is 0.497 e. The van der Waals surface area contributed by atoms with Crippen LogP contribution >= 0.6 is 11.3 Å². The van der Waals surface area contributed by atoms with Crippen molar-refractivity contribution in [2.75, 3.05) is 7.11 Å². The fourth-order valence-electron chi connectivity index (χ4n) is 1.49. The molecule has 0 atom stereocenters. The molecule has 2 aromatic rings. The molecule has 0 aliphatic rings. The summed E-state index contributed by atoms with van der Waals surface area (Å²) in [6.45, 7) is 4.39. The second-order valence-corrected chi connectivity index (χ2v) is 5.92. The van der Waals surface area contributed by atoms with E-state index in [-0.39, 0.29) is 5.54 Å². The summed E-state index contributed by atoms with van der Waals surface area (Å²) in [6, 6.07) is 7.48. The van der Waals surface area contributed by atoms with Crippen molar-refractivity contribution in [3.05, 3.63) is 40.3 Å². The zero-order valence-corrected chi connectivity index (χ0v) is 12.2. The van der Waals surface area contributed by atoms with Gasteiger partial charge in [0, 0.05) is 16.6 Å². The third-order valence-electron chi connectivity index (χ3n) is 2.61. The van der Waals surface area contributed by atoms with Crippen molar-refractivity contribution in [1.82, 2.24) is 4.98 Å². The van der Waals surface area contributed by atoms with Gasteiger partial charge in [0.15, 0.2) is 0 Å². The van der Waals surface area contributed by atoms with Crippen LogP contribution in [0, 0.1) is 0 Å². The van der Waals surface area contributed by atoms with Crippen molar-refractivity contribution in [2.45, 2.75) is 26.0 Å². The molecule has 5 heteroatoms. The molecule has 0 bridgehead atoms. The number of hydrogen-bond acceptors (Lipinski definition) is 5. The Hall–Kier alpha value is -1.59. The number of benzene rings is 1. The van der Waals surface area contributed by atoms with Gasteiger partial charge in [0.2, 0.25) is 0 Å². The van der Waals surface area contributed by atoms with Crippen LogP contribution < -0.4 is 15.2 Å². The van der Waals surface area contributed by atoms with Crippen LogP contribution in [0.25, 0.3) is 0 Å². The molecule has 0 aliphatic heterocycles. The van der Waals surface area contributed by atoms with Gasteiger partial charge < -0.3 is 15.2 Å². The van der Waals surface area contributed by atoms with Crippen LogP contribution in [0.3, 0.4) is 0 Å². The summed E-state index contributed by atoms with van der Waals surface area (Å²) < 4.78 is 10.8. The molecule has 102 valence electrons. The van der Waals surface area contributed by atoms with Crippen molar-refractivity contribution in [3.8, 4) is 11.5 Å². The highest BCUT2D eigenvalue weighted by Gasteiger charge is 2.17. The summed E-state index contributed by atoms with van der Waals surface area (Å²) in [5.74, 6) is 1.61. The highest BCUT2D eigenvalue weighted by Crippen LogP contribution is 2.25. The van der Waals surface area contributed by atoms with Crippen LogP contribution in [0.5, 0.6) is 11.5 Å². The van der Waals surface area contributed by atoms with E-state index in [1.807, 2.05) is 44.3 Å². The molecule has 1 heterocycles. The van der Waals surface area contributed by atoms with Gasteiger partial charge in [0.05, 0.1) is 7.11 Å². The molecule has 1 aromatic carbocycles. The molecule has 0 aliphatic carbocycles. The molecule has 0 spiro atoms. The molecular formula is C14H18N2O2S. The van der Waals surface area contributed by atoms with E-state index < -0.39 is 0 Å². The maximum Gasteiger partial charge on any atom is 0.140 e. The molecule has 2 rings (SSSR count). The number of nitrogens with zero attached hydrogens (tertiary/aromatic N) is 1. The number of hydrogen-bond donors (Lipinski definition) is 1. The van der Waals surface area contributed by atoms with Crippen LogP contribution in [0.15, 0.2) is 30.5 Å². The van der Waals surface area contributed by atoms with Gasteiger partial charge in [-0.1, -0.05) is 0 Å². The molecule has 0 unspecified atom stereocenters. The Labute approximate surface area is 117 Å². The van der Waals surface area contributed by atoms with Gasteiger partial charge in [-0.05, 0) is 38.1 Å². The van der Waals surface area contributed by atoms with Crippen molar-refractivity contribution in [3.63, 3.8) is 0 Å². The number of ether oxygens (including phenoxy) is 2. The number of methoxy groups -OCH3 is 1. The van der Waals surface area contributed by atoms with E-state index >= 15 is 0 Å². The zero-order valence-electron chi connectivity index (χ0n) is 11.3. The Balaban J connectivity index is 1.96. The van der Waals surface area contributed by atoms with E-state index in [1.54, 1.807) is 18.4 Å². The first-order valence-corrected chi connectivity index (χ1v) is 6.81. The maximum absolute atomic E-state index is 6.03. The van der Waals surface area contributed by atoms with Crippen LogP contribution in [-0.4, -0.2) is 12.1 Å². The van der Waals surface area contributed by atoms with Crippen molar-refractivity contribution < 1.29 is 9.47 Å². The maximum atomic E-state index is 6.03. The Morgan fingerprint density at radius 3 is 2.37 bits per heavy atom. The van der Waals surface area contributed by atoms with E-state index in [1.165, 1.54) is 0 Å². The Morgan fingerprint density at radius 2 is 1.84 bits per heavy atom. The van der Waals surface area contributed by atoms with Crippen molar-refractivity contribution in [2.24, 2.45) is 5.73 Å². The molecule has 1 aromatic heterocycles. The average molecular weight is 278 g/mol. The summed E-state index contributed by atoms with van der Waals surface area (Å²) in [4.78, 5) is 5.38. The van der Waals surface area contributed by atoms with E-state index in [2.05, 4.69) is 4.98 Å². The van der Waals surface area contributed by atoms with Crippen LogP contribution in [0.2, 0.25) is 0 Å². The van der Waals surface area contributed by atoms with Crippen LogP contribution in [0.4, 0.5) is 0 Å². The molecule has 0 saturated carbocycles. The van der Waals surface area contributed by atoms with Crippen molar-refractivity contribution in [1.29, 1.82) is 0 Å². The van der Waals surface area contributed by atoms with Gasteiger partial charge in [-0.15, -0.1) is 11.3 Å². The predicted octanol–water partition coefficient (Wildman–Crippen LogP) is 2.92. The van der Waals surface area contributed by atoms with Gasteiger partial charge in [0.1, 0.15) is 23.1 Å². The second-order valence-electron chi connectivity index (χ2n) is 4.80. The quantitative estimate of drug-likeness (QED) is 0.913.